The number of carbonyl (C=O) groups is 1. The van der Waals surface area contributed by atoms with Gasteiger partial charge in [-0.2, -0.15) is 0 Å². The first-order valence-corrected chi connectivity index (χ1v) is 8.94. The maximum atomic E-state index is 11.7. The van der Waals surface area contributed by atoms with Crippen LogP contribution in [0.1, 0.15) is 34.6 Å². The quantitative estimate of drug-likeness (QED) is 0.554. The van der Waals surface area contributed by atoms with E-state index in [1.165, 1.54) is 25.2 Å². The van der Waals surface area contributed by atoms with Gasteiger partial charge in [-0.3, -0.25) is 4.79 Å². The average Bonchev–Trinajstić information content (AvgIpc) is 2.30. The second-order valence-electron chi connectivity index (χ2n) is 4.73. The lowest BCUT2D eigenvalue weighted by molar-refractivity contribution is -0.143. The van der Waals surface area contributed by atoms with Crippen molar-refractivity contribution in [3.8, 4) is 0 Å². The highest BCUT2D eigenvalue weighted by Gasteiger charge is 2.34. The van der Waals surface area contributed by atoms with Crippen LogP contribution in [0.4, 0.5) is 0 Å². The van der Waals surface area contributed by atoms with Gasteiger partial charge in [0.15, 0.2) is 0 Å². The molecule has 96 valence electrons. The van der Waals surface area contributed by atoms with E-state index in [4.69, 9.17) is 4.74 Å². The van der Waals surface area contributed by atoms with Gasteiger partial charge < -0.3 is 9.72 Å². The van der Waals surface area contributed by atoms with E-state index in [0.29, 0.717) is 0 Å². The lowest BCUT2D eigenvalue weighted by atomic mass is 10.1. The van der Waals surface area contributed by atoms with Gasteiger partial charge >= 0.3 is 5.97 Å². The Morgan fingerprint density at radius 3 is 1.88 bits per heavy atom. The highest BCUT2D eigenvalue weighted by Crippen LogP contribution is 2.19. The Hall–Kier alpha value is -0.353. The van der Waals surface area contributed by atoms with Crippen LogP contribution in [0.5, 0.6) is 0 Å². The minimum Gasteiger partial charge on any atom is -0.468 e. The molecule has 4 heteroatoms. The summed E-state index contributed by atoms with van der Waals surface area (Å²) in [6.45, 7) is 10.8. The van der Waals surface area contributed by atoms with E-state index >= 15 is 0 Å². The summed E-state index contributed by atoms with van der Waals surface area (Å²) < 4.78 is 4.87. The third-order valence-electron chi connectivity index (χ3n) is 3.61. The molecule has 0 rings (SSSR count). The van der Waals surface area contributed by atoms with Crippen LogP contribution in [0.3, 0.4) is 0 Å². The van der Waals surface area contributed by atoms with Crippen LogP contribution >= 0.6 is 0 Å². The summed E-state index contributed by atoms with van der Waals surface area (Å²) in [4.78, 5) is 15.3. The predicted octanol–water partition coefficient (Wildman–Crippen LogP) is 2.78. The van der Waals surface area contributed by atoms with Crippen molar-refractivity contribution in [1.29, 1.82) is 0 Å². The van der Waals surface area contributed by atoms with Crippen molar-refractivity contribution in [2.75, 3.05) is 7.11 Å². The standard InChI is InChI=1S/C12H27NO2Si/c1-7-16(8-2,9-3)13-11(10(4)5)12(14)15-6/h10-11,13H,7-9H2,1-6H3/t11-/m0/s1. The summed E-state index contributed by atoms with van der Waals surface area (Å²) >= 11 is 0. The van der Waals surface area contributed by atoms with E-state index < -0.39 is 8.24 Å². The smallest absolute Gasteiger partial charge is 0.322 e. The number of nitrogens with one attached hydrogen (secondary N) is 1. The maximum Gasteiger partial charge on any atom is 0.322 e. The van der Waals surface area contributed by atoms with Gasteiger partial charge in [-0.1, -0.05) is 34.6 Å². The summed E-state index contributed by atoms with van der Waals surface area (Å²) in [5.41, 5.74) is 0. The number of rotatable bonds is 7. The lowest BCUT2D eigenvalue weighted by Crippen LogP contribution is -2.58. The van der Waals surface area contributed by atoms with E-state index in [1.807, 2.05) is 0 Å². The van der Waals surface area contributed by atoms with Gasteiger partial charge in [-0.25, -0.2) is 0 Å². The Kier molecular flexibility index (Phi) is 6.91. The number of methoxy groups -OCH3 is 1. The van der Waals surface area contributed by atoms with Gasteiger partial charge in [-0.05, 0) is 24.1 Å². The summed E-state index contributed by atoms with van der Waals surface area (Å²) in [7, 11) is -0.00838. The van der Waals surface area contributed by atoms with Crippen LogP contribution in [0.2, 0.25) is 18.1 Å². The van der Waals surface area contributed by atoms with Crippen molar-refractivity contribution >= 4 is 14.2 Å². The zero-order chi connectivity index (χ0) is 12.8. The van der Waals surface area contributed by atoms with Crippen LogP contribution in [0, 0.1) is 5.92 Å². The minimum absolute atomic E-state index is 0.123. The SMILES string of the molecule is CC[Si](CC)(CC)N[C@H](C(=O)OC)C(C)C. The maximum absolute atomic E-state index is 11.7. The average molecular weight is 245 g/mol. The van der Waals surface area contributed by atoms with Gasteiger partial charge in [0.25, 0.3) is 0 Å². The molecule has 0 radical (unpaired) electrons. The topological polar surface area (TPSA) is 38.3 Å². The number of ether oxygens (including phenoxy) is 1. The molecule has 0 aliphatic heterocycles. The molecule has 0 aromatic carbocycles. The van der Waals surface area contributed by atoms with Crippen molar-refractivity contribution in [2.45, 2.75) is 58.8 Å². The second kappa shape index (κ2) is 7.07. The van der Waals surface area contributed by atoms with Gasteiger partial charge in [0.05, 0.1) is 7.11 Å². The summed E-state index contributed by atoms with van der Waals surface area (Å²) in [5.74, 6) is 0.159. The van der Waals surface area contributed by atoms with Crippen molar-refractivity contribution in [3.05, 3.63) is 0 Å². The van der Waals surface area contributed by atoms with Crippen molar-refractivity contribution in [1.82, 2.24) is 4.98 Å². The van der Waals surface area contributed by atoms with Gasteiger partial charge in [0, 0.05) is 0 Å². The molecule has 0 aromatic rings. The zero-order valence-electron chi connectivity index (χ0n) is 11.6. The molecule has 0 aliphatic carbocycles. The molecule has 0 aromatic heterocycles. The fourth-order valence-electron chi connectivity index (χ4n) is 2.01. The summed E-state index contributed by atoms with van der Waals surface area (Å²) in [6, 6.07) is 3.36. The van der Waals surface area contributed by atoms with Crippen LogP contribution in [0.15, 0.2) is 0 Å². The molecule has 0 spiro atoms. The Balaban J connectivity index is 4.77. The summed E-state index contributed by atoms with van der Waals surface area (Å²) in [5, 5.41) is 0. The molecule has 16 heavy (non-hydrogen) atoms. The number of esters is 1. The van der Waals surface area contributed by atoms with Crippen molar-refractivity contribution < 1.29 is 9.53 Å². The minimum atomic E-state index is -1.47. The van der Waals surface area contributed by atoms with Crippen LogP contribution in [-0.4, -0.2) is 27.4 Å². The van der Waals surface area contributed by atoms with E-state index in [2.05, 4.69) is 39.6 Å². The molecule has 0 bridgehead atoms. The molecule has 0 amide bonds. The Bertz CT molecular complexity index is 207. The number of hydrogen-bond donors (Lipinski definition) is 1. The van der Waals surface area contributed by atoms with E-state index in [-0.39, 0.29) is 17.9 Å². The lowest BCUT2D eigenvalue weighted by Gasteiger charge is -2.34. The molecule has 1 atom stereocenters. The van der Waals surface area contributed by atoms with Gasteiger partial charge in [-0.15, -0.1) is 0 Å². The third-order valence-corrected chi connectivity index (χ3v) is 8.60. The molecule has 0 saturated heterocycles. The first kappa shape index (κ1) is 15.6. The Morgan fingerprint density at radius 2 is 1.62 bits per heavy atom. The van der Waals surface area contributed by atoms with E-state index in [0.717, 1.165) is 0 Å². The second-order valence-corrected chi connectivity index (χ2v) is 9.70. The van der Waals surface area contributed by atoms with Gasteiger partial charge in [0.1, 0.15) is 14.3 Å². The largest absolute Gasteiger partial charge is 0.468 e. The monoisotopic (exact) mass is 245 g/mol. The van der Waals surface area contributed by atoms with Gasteiger partial charge in [0.2, 0.25) is 0 Å². The van der Waals surface area contributed by atoms with Crippen molar-refractivity contribution in [2.24, 2.45) is 5.92 Å². The Morgan fingerprint density at radius 1 is 1.19 bits per heavy atom. The van der Waals surface area contributed by atoms with Crippen molar-refractivity contribution in [3.63, 3.8) is 0 Å². The molecule has 0 saturated carbocycles. The first-order valence-electron chi connectivity index (χ1n) is 6.31. The van der Waals surface area contributed by atoms with Crippen LogP contribution in [-0.2, 0) is 9.53 Å². The van der Waals surface area contributed by atoms with Crippen LogP contribution in [0.25, 0.3) is 0 Å². The predicted molar refractivity (Wildman–Crippen MR) is 71.0 cm³/mol. The van der Waals surface area contributed by atoms with Crippen LogP contribution < -0.4 is 4.98 Å². The van der Waals surface area contributed by atoms with E-state index in [1.54, 1.807) is 0 Å². The third kappa shape index (κ3) is 3.90. The zero-order valence-corrected chi connectivity index (χ0v) is 12.6. The van der Waals surface area contributed by atoms with E-state index in [9.17, 15) is 4.79 Å². The molecule has 1 N–H and O–H groups in total. The fraction of sp³-hybridized carbons (Fsp3) is 0.917. The fourth-order valence-corrected chi connectivity index (χ4v) is 5.23. The number of carbonyl (C=O) groups excluding carboxylic acids is 1. The number of hydrogen-bond acceptors (Lipinski definition) is 3. The molecule has 0 aliphatic rings. The molecular weight excluding hydrogens is 218 g/mol. The molecular formula is C12H27NO2Si. The molecule has 0 fully saturated rings. The summed E-state index contributed by atoms with van der Waals surface area (Å²) in [6.07, 6.45) is 0. The highest BCUT2D eigenvalue weighted by atomic mass is 28.3. The first-order chi connectivity index (χ1) is 7.46. The molecule has 0 heterocycles. The normalized spacial score (nSPS) is 13.9. The Labute approximate surface area is 101 Å². The molecule has 0 unspecified atom stereocenters. The highest BCUT2D eigenvalue weighted by molar-refractivity contribution is 6.77. The molecule has 3 nitrogen and oxygen atoms in total.